The Labute approximate surface area is 212 Å². The fourth-order valence-electron chi connectivity index (χ4n) is 5.05. The zero-order valence-electron chi connectivity index (χ0n) is 19.7. The second kappa shape index (κ2) is 11.8. The number of carbonyl (C=O) groups is 1. The molecular weight excluding hydrogens is 473 g/mol. The van der Waals surface area contributed by atoms with Crippen LogP contribution in [0, 0.1) is 0 Å². The van der Waals surface area contributed by atoms with E-state index in [-0.39, 0.29) is 17.6 Å². The number of nitrogens with zero attached hydrogens (tertiary/aromatic N) is 1. The molecule has 2 unspecified atom stereocenters. The van der Waals surface area contributed by atoms with Gasteiger partial charge in [0.05, 0.1) is 17.2 Å². The molecule has 1 amide bonds. The average Bonchev–Trinajstić information content (AvgIpc) is 2.86. The molecule has 0 N–H and O–H groups in total. The number of ether oxygens (including phenoxy) is 3. The molecule has 2 fully saturated rings. The maximum atomic E-state index is 12.9. The van der Waals surface area contributed by atoms with Crippen molar-refractivity contribution < 1.29 is 19.0 Å². The highest BCUT2D eigenvalue weighted by atomic mass is 35.5. The normalized spacial score (nSPS) is 23.2. The Morgan fingerprint density at radius 2 is 2.03 bits per heavy atom. The number of piperidine rings is 1. The van der Waals surface area contributed by atoms with Gasteiger partial charge in [-0.2, -0.15) is 0 Å². The fraction of sp³-hybridized carbons (Fsp3) is 0.519. The van der Waals surface area contributed by atoms with E-state index in [4.69, 9.17) is 37.4 Å². The van der Waals surface area contributed by atoms with Crippen LogP contribution in [0.4, 0.5) is 0 Å². The van der Waals surface area contributed by atoms with E-state index in [1.54, 1.807) is 7.11 Å². The number of amides is 1. The highest BCUT2D eigenvalue weighted by molar-refractivity contribution is 6.42. The van der Waals surface area contributed by atoms with Gasteiger partial charge in [-0.25, -0.2) is 0 Å². The summed E-state index contributed by atoms with van der Waals surface area (Å²) in [7, 11) is 1.65. The minimum absolute atomic E-state index is 0.0906. The van der Waals surface area contributed by atoms with Gasteiger partial charge in [-0.15, -0.1) is 0 Å². The summed E-state index contributed by atoms with van der Waals surface area (Å²) >= 11 is 12.6. The van der Waals surface area contributed by atoms with Crippen molar-refractivity contribution in [2.75, 3.05) is 26.9 Å². The van der Waals surface area contributed by atoms with Crippen LogP contribution in [0.2, 0.25) is 10.0 Å². The van der Waals surface area contributed by atoms with Gasteiger partial charge < -0.3 is 19.1 Å². The highest BCUT2D eigenvalue weighted by Gasteiger charge is 2.40. The van der Waals surface area contributed by atoms with E-state index in [2.05, 4.69) is 6.07 Å². The van der Waals surface area contributed by atoms with Crippen molar-refractivity contribution >= 4 is 29.1 Å². The van der Waals surface area contributed by atoms with E-state index in [9.17, 15) is 4.79 Å². The topological polar surface area (TPSA) is 48.0 Å². The molecule has 2 heterocycles. The van der Waals surface area contributed by atoms with Crippen LogP contribution >= 0.6 is 23.2 Å². The molecule has 0 saturated carbocycles. The fourth-order valence-corrected chi connectivity index (χ4v) is 5.35. The summed E-state index contributed by atoms with van der Waals surface area (Å²) in [6.07, 6.45) is 6.17. The van der Waals surface area contributed by atoms with Gasteiger partial charge in [-0.05, 0) is 73.9 Å². The Bertz CT molecular complexity index is 979. The molecule has 0 aromatic heterocycles. The Balaban J connectivity index is 1.51. The molecule has 5 nitrogen and oxygen atoms in total. The first-order valence-electron chi connectivity index (χ1n) is 12.1. The number of halogens is 2. The summed E-state index contributed by atoms with van der Waals surface area (Å²) in [5, 5.41) is 1.08. The summed E-state index contributed by atoms with van der Waals surface area (Å²) in [5.41, 5.74) is 1.96. The third-order valence-electron chi connectivity index (χ3n) is 6.94. The Hall–Kier alpha value is -1.79. The standard InChI is InChI=1S/C27H33Cl2NO4/c1-32-22-7-4-6-20(16-22)18-30-19-27(13-11-25(30)31,21-9-10-23(28)24(29)17-21)12-5-15-34-26-8-2-3-14-33-26/h4,6-7,9-10,16-17,26H,2-3,5,8,11-15,18-19H2,1H3. The van der Waals surface area contributed by atoms with Gasteiger partial charge in [-0.1, -0.05) is 41.4 Å². The summed E-state index contributed by atoms with van der Waals surface area (Å²) in [5.74, 6) is 0.963. The quantitative estimate of drug-likeness (QED) is 0.370. The van der Waals surface area contributed by atoms with Gasteiger partial charge in [-0.3, -0.25) is 4.79 Å². The lowest BCUT2D eigenvalue weighted by molar-refractivity contribution is -0.163. The molecule has 2 atom stereocenters. The van der Waals surface area contributed by atoms with E-state index >= 15 is 0 Å². The van der Waals surface area contributed by atoms with Gasteiger partial charge >= 0.3 is 0 Å². The van der Waals surface area contributed by atoms with E-state index in [0.29, 0.717) is 36.2 Å². The number of likely N-dealkylation sites (tertiary alicyclic amines) is 1. The molecule has 184 valence electrons. The summed E-state index contributed by atoms with van der Waals surface area (Å²) in [4.78, 5) is 14.9. The molecule has 2 aromatic rings. The van der Waals surface area contributed by atoms with E-state index in [1.807, 2.05) is 41.3 Å². The second-order valence-corrected chi connectivity index (χ2v) is 10.1. The van der Waals surface area contributed by atoms with Crippen LogP contribution in [0.5, 0.6) is 5.75 Å². The molecule has 0 bridgehead atoms. The first-order chi connectivity index (χ1) is 16.5. The lowest BCUT2D eigenvalue weighted by atomic mass is 9.71. The zero-order valence-corrected chi connectivity index (χ0v) is 21.2. The average molecular weight is 506 g/mol. The van der Waals surface area contributed by atoms with Crippen LogP contribution in [0.1, 0.15) is 56.1 Å². The molecule has 2 aliphatic heterocycles. The predicted octanol–water partition coefficient (Wildman–Crippen LogP) is 6.39. The first kappa shape index (κ1) is 25.3. The number of benzene rings is 2. The van der Waals surface area contributed by atoms with Gasteiger partial charge in [0, 0.05) is 38.1 Å². The molecule has 7 heteroatoms. The molecular formula is C27H33Cl2NO4. The number of methoxy groups -OCH3 is 1. The van der Waals surface area contributed by atoms with Gasteiger partial charge in [0.2, 0.25) is 5.91 Å². The number of carbonyl (C=O) groups excluding carboxylic acids is 1. The Morgan fingerprint density at radius 3 is 2.79 bits per heavy atom. The van der Waals surface area contributed by atoms with Crippen LogP contribution in [-0.4, -0.2) is 44.0 Å². The summed E-state index contributed by atoms with van der Waals surface area (Å²) in [6, 6.07) is 13.8. The molecule has 2 aliphatic rings. The predicted molar refractivity (Wildman–Crippen MR) is 135 cm³/mol. The molecule has 2 aromatic carbocycles. The van der Waals surface area contributed by atoms with Crippen molar-refractivity contribution in [1.82, 2.24) is 4.90 Å². The zero-order chi connectivity index (χ0) is 24.0. The molecule has 34 heavy (non-hydrogen) atoms. The molecule has 4 rings (SSSR count). The van der Waals surface area contributed by atoms with E-state index in [1.165, 1.54) is 0 Å². The van der Waals surface area contributed by atoms with Crippen molar-refractivity contribution in [1.29, 1.82) is 0 Å². The van der Waals surface area contributed by atoms with Crippen LogP contribution < -0.4 is 4.74 Å². The third kappa shape index (κ3) is 6.25. The van der Waals surface area contributed by atoms with Gasteiger partial charge in [0.1, 0.15) is 5.75 Å². The van der Waals surface area contributed by atoms with Crippen LogP contribution in [0.15, 0.2) is 42.5 Å². The highest BCUT2D eigenvalue weighted by Crippen LogP contribution is 2.41. The van der Waals surface area contributed by atoms with Crippen LogP contribution in [0.3, 0.4) is 0 Å². The molecule has 0 spiro atoms. The molecule has 0 aliphatic carbocycles. The minimum atomic E-state index is -0.211. The third-order valence-corrected chi connectivity index (χ3v) is 7.68. The lowest BCUT2D eigenvalue weighted by Crippen LogP contribution is -2.48. The van der Waals surface area contributed by atoms with Crippen LogP contribution in [-0.2, 0) is 26.2 Å². The van der Waals surface area contributed by atoms with E-state index in [0.717, 1.165) is 62.0 Å². The summed E-state index contributed by atoms with van der Waals surface area (Å²) < 4.78 is 17.1. The lowest BCUT2D eigenvalue weighted by Gasteiger charge is -2.43. The monoisotopic (exact) mass is 505 g/mol. The first-order valence-corrected chi connectivity index (χ1v) is 12.8. The van der Waals surface area contributed by atoms with Crippen molar-refractivity contribution in [2.24, 2.45) is 0 Å². The number of rotatable bonds is 9. The number of hydrogen-bond acceptors (Lipinski definition) is 4. The van der Waals surface area contributed by atoms with E-state index < -0.39 is 0 Å². The Morgan fingerprint density at radius 1 is 1.15 bits per heavy atom. The minimum Gasteiger partial charge on any atom is -0.497 e. The number of hydrogen-bond donors (Lipinski definition) is 0. The largest absolute Gasteiger partial charge is 0.497 e. The van der Waals surface area contributed by atoms with Crippen molar-refractivity contribution in [3.05, 3.63) is 63.6 Å². The molecule has 0 radical (unpaired) electrons. The van der Waals surface area contributed by atoms with Crippen molar-refractivity contribution in [2.45, 2.75) is 63.2 Å². The van der Waals surface area contributed by atoms with Crippen molar-refractivity contribution in [3.8, 4) is 5.75 Å². The SMILES string of the molecule is COc1cccc(CN2CC(CCCOC3CCCCO3)(c3ccc(Cl)c(Cl)c3)CCC2=O)c1. The Kier molecular flexibility index (Phi) is 8.75. The van der Waals surface area contributed by atoms with Gasteiger partial charge in [0.25, 0.3) is 0 Å². The molecule has 2 saturated heterocycles. The summed E-state index contributed by atoms with van der Waals surface area (Å²) in [6.45, 7) is 2.59. The van der Waals surface area contributed by atoms with Crippen molar-refractivity contribution in [3.63, 3.8) is 0 Å². The maximum absolute atomic E-state index is 12.9. The smallest absolute Gasteiger partial charge is 0.222 e. The maximum Gasteiger partial charge on any atom is 0.222 e. The van der Waals surface area contributed by atoms with Gasteiger partial charge in [0.15, 0.2) is 6.29 Å². The second-order valence-electron chi connectivity index (χ2n) is 9.28. The van der Waals surface area contributed by atoms with Crippen LogP contribution in [0.25, 0.3) is 0 Å².